The molecular weight excluding hydrogens is 408 g/mol. The number of halogens is 2. The van der Waals surface area contributed by atoms with Gasteiger partial charge in [0.1, 0.15) is 17.3 Å². The highest BCUT2D eigenvalue weighted by atomic mass is 32.1. The van der Waals surface area contributed by atoms with E-state index >= 15 is 4.39 Å². The Balaban J connectivity index is 1.88. The lowest BCUT2D eigenvalue weighted by molar-refractivity contribution is -0.111. The molecule has 3 heterocycles. The second kappa shape index (κ2) is 7.68. The van der Waals surface area contributed by atoms with Crippen molar-refractivity contribution in [3.63, 3.8) is 0 Å². The van der Waals surface area contributed by atoms with Crippen molar-refractivity contribution < 1.29 is 13.6 Å². The first-order chi connectivity index (χ1) is 14.4. The van der Waals surface area contributed by atoms with Gasteiger partial charge < -0.3 is 15.2 Å². The van der Waals surface area contributed by atoms with Crippen molar-refractivity contribution in [2.45, 2.75) is 6.92 Å². The molecule has 4 rings (SSSR count). The van der Waals surface area contributed by atoms with Crippen LogP contribution < -0.4 is 10.6 Å². The Morgan fingerprint density at radius 1 is 1.30 bits per heavy atom. The Morgan fingerprint density at radius 3 is 2.80 bits per heavy atom. The molecule has 6 nitrogen and oxygen atoms in total. The van der Waals surface area contributed by atoms with Crippen LogP contribution >= 0.6 is 11.3 Å². The molecule has 152 valence electrons. The van der Waals surface area contributed by atoms with E-state index < -0.39 is 23.2 Å². The number of carbonyl (C=O) groups is 1. The molecule has 0 aliphatic heterocycles. The fraction of sp³-hybridized carbons (Fsp3) is 0.0952. The van der Waals surface area contributed by atoms with Gasteiger partial charge in [-0.15, -0.1) is 11.3 Å². The van der Waals surface area contributed by atoms with E-state index in [0.29, 0.717) is 22.0 Å². The molecular formula is C21H17F2N5OS. The monoisotopic (exact) mass is 425 g/mol. The summed E-state index contributed by atoms with van der Waals surface area (Å²) in [4.78, 5) is 21.5. The molecule has 0 bridgehead atoms. The Kier molecular flexibility index (Phi) is 5.04. The molecule has 2 N–H and O–H groups in total. The molecule has 0 saturated carbocycles. The van der Waals surface area contributed by atoms with Crippen LogP contribution in [0.15, 0.2) is 49.3 Å². The number of benzene rings is 1. The van der Waals surface area contributed by atoms with Gasteiger partial charge in [-0.2, -0.15) is 0 Å². The number of hydrogen-bond acceptors (Lipinski definition) is 5. The van der Waals surface area contributed by atoms with E-state index in [4.69, 9.17) is 0 Å². The number of amides is 1. The van der Waals surface area contributed by atoms with Gasteiger partial charge in [-0.05, 0) is 31.2 Å². The molecule has 0 spiro atoms. The number of anilines is 3. The first-order valence-electron chi connectivity index (χ1n) is 8.94. The van der Waals surface area contributed by atoms with Gasteiger partial charge in [-0.3, -0.25) is 4.79 Å². The number of aromatic nitrogens is 3. The van der Waals surface area contributed by atoms with Crippen molar-refractivity contribution in [3.8, 4) is 11.3 Å². The molecule has 0 saturated heterocycles. The summed E-state index contributed by atoms with van der Waals surface area (Å²) in [6.07, 6.45) is 4.51. The third-order valence-electron chi connectivity index (χ3n) is 4.52. The molecule has 0 aliphatic rings. The molecule has 30 heavy (non-hydrogen) atoms. The quantitative estimate of drug-likeness (QED) is 0.434. The Labute approximate surface area is 174 Å². The summed E-state index contributed by atoms with van der Waals surface area (Å²) >= 11 is 1.46. The molecule has 0 aliphatic carbocycles. The normalized spacial score (nSPS) is 10.9. The van der Waals surface area contributed by atoms with Crippen LogP contribution in [0.5, 0.6) is 0 Å². The minimum absolute atomic E-state index is 0.0610. The highest BCUT2D eigenvalue weighted by molar-refractivity contribution is 7.15. The average molecular weight is 425 g/mol. The summed E-state index contributed by atoms with van der Waals surface area (Å²) in [5, 5.41) is 6.66. The van der Waals surface area contributed by atoms with E-state index in [-0.39, 0.29) is 5.56 Å². The van der Waals surface area contributed by atoms with Gasteiger partial charge in [0.05, 0.1) is 11.2 Å². The highest BCUT2D eigenvalue weighted by Gasteiger charge is 2.20. The summed E-state index contributed by atoms with van der Waals surface area (Å²) in [7, 11) is 1.86. The van der Waals surface area contributed by atoms with Gasteiger partial charge >= 0.3 is 0 Å². The lowest BCUT2D eigenvalue weighted by Gasteiger charge is -2.12. The van der Waals surface area contributed by atoms with Crippen LogP contribution in [-0.4, -0.2) is 20.4 Å². The van der Waals surface area contributed by atoms with Gasteiger partial charge in [-0.25, -0.2) is 18.7 Å². The Morgan fingerprint density at radius 2 is 2.10 bits per heavy atom. The van der Waals surface area contributed by atoms with Crippen molar-refractivity contribution in [2.75, 3.05) is 10.6 Å². The number of pyridine rings is 1. The molecule has 1 aromatic carbocycles. The predicted octanol–water partition coefficient (Wildman–Crippen LogP) is 5.15. The molecule has 3 aromatic heterocycles. The predicted molar refractivity (Wildman–Crippen MR) is 115 cm³/mol. The average Bonchev–Trinajstić information content (AvgIpc) is 3.30. The largest absolute Gasteiger partial charge is 0.350 e. The van der Waals surface area contributed by atoms with E-state index in [1.807, 2.05) is 30.8 Å². The van der Waals surface area contributed by atoms with Crippen LogP contribution in [0, 0.1) is 18.6 Å². The molecule has 0 fully saturated rings. The SMILES string of the molecule is C=CC(=O)Nc1c(F)ccc(-c2nc(Nc3ncc(C)s3)cc3c2ccn3C)c1F. The van der Waals surface area contributed by atoms with Crippen molar-refractivity contribution in [1.82, 2.24) is 14.5 Å². The van der Waals surface area contributed by atoms with Crippen LogP contribution in [0.25, 0.3) is 22.2 Å². The topological polar surface area (TPSA) is 71.8 Å². The van der Waals surface area contributed by atoms with Crippen molar-refractivity contribution in [3.05, 3.63) is 65.8 Å². The maximum absolute atomic E-state index is 15.2. The van der Waals surface area contributed by atoms with Gasteiger partial charge in [0.2, 0.25) is 5.91 Å². The van der Waals surface area contributed by atoms with Gasteiger partial charge in [0.25, 0.3) is 0 Å². The fourth-order valence-corrected chi connectivity index (χ4v) is 3.75. The Hall–Kier alpha value is -3.59. The zero-order chi connectivity index (χ0) is 21.4. The highest BCUT2D eigenvalue weighted by Crippen LogP contribution is 2.35. The van der Waals surface area contributed by atoms with Crippen LogP contribution in [0.2, 0.25) is 0 Å². The molecule has 0 atom stereocenters. The third-order valence-corrected chi connectivity index (χ3v) is 5.35. The third kappa shape index (κ3) is 3.55. The van der Waals surface area contributed by atoms with E-state index in [2.05, 4.69) is 27.2 Å². The van der Waals surface area contributed by atoms with Crippen molar-refractivity contribution >= 4 is 44.8 Å². The first-order valence-corrected chi connectivity index (χ1v) is 9.76. The number of fused-ring (bicyclic) bond motifs is 1. The number of aryl methyl sites for hydroxylation is 2. The summed E-state index contributed by atoms with van der Waals surface area (Å²) in [6, 6.07) is 6.04. The molecule has 4 aromatic rings. The van der Waals surface area contributed by atoms with Crippen LogP contribution in [-0.2, 0) is 11.8 Å². The fourth-order valence-electron chi connectivity index (χ4n) is 3.08. The van der Waals surface area contributed by atoms with E-state index in [0.717, 1.165) is 22.5 Å². The summed E-state index contributed by atoms with van der Waals surface area (Å²) in [5.74, 6) is -2.04. The van der Waals surface area contributed by atoms with Crippen LogP contribution in [0.4, 0.5) is 25.4 Å². The smallest absolute Gasteiger partial charge is 0.247 e. The summed E-state index contributed by atoms with van der Waals surface area (Å²) in [6.45, 7) is 5.25. The zero-order valence-electron chi connectivity index (χ0n) is 16.2. The number of carbonyl (C=O) groups excluding carboxylic acids is 1. The number of rotatable bonds is 5. The molecule has 9 heteroatoms. The second-order valence-corrected chi connectivity index (χ2v) is 7.83. The molecule has 0 unspecified atom stereocenters. The van der Waals surface area contributed by atoms with E-state index in [9.17, 15) is 9.18 Å². The number of thiazole rings is 1. The number of nitrogens with zero attached hydrogens (tertiary/aromatic N) is 3. The van der Waals surface area contributed by atoms with Crippen molar-refractivity contribution in [1.29, 1.82) is 0 Å². The minimum Gasteiger partial charge on any atom is -0.350 e. The van der Waals surface area contributed by atoms with Crippen LogP contribution in [0.1, 0.15) is 4.88 Å². The summed E-state index contributed by atoms with van der Waals surface area (Å²) in [5.41, 5.74) is 0.634. The van der Waals surface area contributed by atoms with Gasteiger partial charge in [-0.1, -0.05) is 6.58 Å². The standard InChI is InChI=1S/C21H17F2N5OS/c1-4-17(29)27-20-14(22)6-5-13(18(20)23)19-12-7-8-28(3)15(12)9-16(25-19)26-21-24-10-11(2)30-21/h4-10H,1H2,2-3H3,(H,27,29)(H,24,25,26). The minimum atomic E-state index is -0.912. The lowest BCUT2D eigenvalue weighted by Crippen LogP contribution is -2.11. The molecule has 0 radical (unpaired) electrons. The van der Waals surface area contributed by atoms with Gasteiger partial charge in [0, 0.05) is 41.3 Å². The Bertz CT molecular complexity index is 1290. The van der Waals surface area contributed by atoms with Crippen LogP contribution in [0.3, 0.4) is 0 Å². The zero-order valence-corrected chi connectivity index (χ0v) is 17.0. The van der Waals surface area contributed by atoms with E-state index in [1.165, 1.54) is 17.4 Å². The first kappa shape index (κ1) is 19.7. The van der Waals surface area contributed by atoms with Crippen molar-refractivity contribution in [2.24, 2.45) is 7.05 Å². The summed E-state index contributed by atoms with van der Waals surface area (Å²) < 4.78 is 31.3. The second-order valence-electron chi connectivity index (χ2n) is 6.59. The lowest BCUT2D eigenvalue weighted by atomic mass is 10.1. The molecule has 1 amide bonds. The maximum atomic E-state index is 15.2. The number of nitrogens with one attached hydrogen (secondary N) is 2. The van der Waals surface area contributed by atoms with Gasteiger partial charge in [0.15, 0.2) is 10.9 Å². The van der Waals surface area contributed by atoms with E-state index in [1.54, 1.807) is 12.3 Å². The maximum Gasteiger partial charge on any atom is 0.247 e. The number of hydrogen-bond donors (Lipinski definition) is 2.